The van der Waals surface area contributed by atoms with Crippen molar-refractivity contribution in [2.45, 2.75) is 13.1 Å². The highest BCUT2D eigenvalue weighted by Gasteiger charge is 2.26. The molecule has 0 radical (unpaired) electrons. The maximum Gasteiger partial charge on any atom is 0.256 e. The third-order valence-electron chi connectivity index (χ3n) is 4.71. The molecule has 9 heteroatoms. The van der Waals surface area contributed by atoms with Gasteiger partial charge in [-0.1, -0.05) is 30.3 Å². The number of hydrogen-bond acceptors (Lipinski definition) is 5. The van der Waals surface area contributed by atoms with Crippen LogP contribution in [0.4, 0.5) is 0 Å². The second-order valence-corrected chi connectivity index (χ2v) is 8.79. The van der Waals surface area contributed by atoms with Gasteiger partial charge in [-0.2, -0.15) is 5.10 Å². The van der Waals surface area contributed by atoms with E-state index in [4.69, 9.17) is 0 Å². The van der Waals surface area contributed by atoms with Crippen molar-refractivity contribution in [1.82, 2.24) is 19.6 Å². The predicted molar refractivity (Wildman–Crippen MR) is 109 cm³/mol. The fourth-order valence-corrected chi connectivity index (χ4v) is 4.21. The van der Waals surface area contributed by atoms with Gasteiger partial charge in [0.1, 0.15) is 5.84 Å². The number of amidine groups is 1. The van der Waals surface area contributed by atoms with Crippen molar-refractivity contribution in [2.75, 3.05) is 19.3 Å². The van der Waals surface area contributed by atoms with Gasteiger partial charge in [0.2, 0.25) is 0 Å². The highest BCUT2D eigenvalue weighted by Crippen LogP contribution is 2.18. The number of benzene rings is 1. The summed E-state index contributed by atoms with van der Waals surface area (Å²) in [5.74, 6) is 0.140. The minimum atomic E-state index is -3.41. The van der Waals surface area contributed by atoms with Crippen LogP contribution in [0.1, 0.15) is 11.1 Å². The summed E-state index contributed by atoms with van der Waals surface area (Å²) >= 11 is 0. The van der Waals surface area contributed by atoms with E-state index in [9.17, 15) is 13.2 Å². The molecule has 1 aromatic heterocycles. The van der Waals surface area contributed by atoms with Crippen LogP contribution in [0.2, 0.25) is 0 Å². The molecule has 0 spiro atoms. The van der Waals surface area contributed by atoms with E-state index in [1.807, 2.05) is 41.2 Å². The van der Waals surface area contributed by atoms with Crippen LogP contribution in [-0.2, 0) is 27.9 Å². The monoisotopic (exact) mass is 411 g/mol. The average Bonchev–Trinajstić information content (AvgIpc) is 3.13. The molecular formula is C20H21N5O3S. The van der Waals surface area contributed by atoms with Gasteiger partial charge in [0, 0.05) is 38.1 Å². The molecule has 0 bridgehead atoms. The van der Waals surface area contributed by atoms with Gasteiger partial charge < -0.3 is 9.80 Å². The zero-order chi connectivity index (χ0) is 20.4. The SMILES string of the molecule is CN(Cc1cnn(Cc2ccccc2)c1)C(=O)C1=CN2CCS(=O)(=O)N=C2C=C1. The quantitative estimate of drug-likeness (QED) is 0.742. The van der Waals surface area contributed by atoms with Crippen LogP contribution >= 0.6 is 0 Å². The highest BCUT2D eigenvalue weighted by molar-refractivity contribution is 7.90. The molecule has 2 aliphatic rings. The van der Waals surface area contributed by atoms with E-state index in [1.165, 1.54) is 0 Å². The second-order valence-electron chi connectivity index (χ2n) is 7.04. The number of sulfonamides is 1. The Morgan fingerprint density at radius 3 is 2.76 bits per heavy atom. The van der Waals surface area contributed by atoms with Crippen LogP contribution in [0.3, 0.4) is 0 Å². The number of hydrogen-bond donors (Lipinski definition) is 0. The number of fused-ring (bicyclic) bond motifs is 1. The van der Waals surface area contributed by atoms with Crippen LogP contribution in [0.25, 0.3) is 0 Å². The van der Waals surface area contributed by atoms with Crippen molar-refractivity contribution in [2.24, 2.45) is 4.40 Å². The highest BCUT2D eigenvalue weighted by atomic mass is 32.2. The number of likely N-dealkylation sites (N-methyl/N-ethyl adjacent to an activating group) is 1. The number of nitrogens with zero attached hydrogens (tertiary/aromatic N) is 5. The van der Waals surface area contributed by atoms with E-state index < -0.39 is 10.0 Å². The lowest BCUT2D eigenvalue weighted by Crippen LogP contribution is -2.38. The molecule has 2 aromatic rings. The first-order valence-electron chi connectivity index (χ1n) is 9.19. The van der Waals surface area contributed by atoms with E-state index >= 15 is 0 Å². The van der Waals surface area contributed by atoms with Crippen LogP contribution < -0.4 is 0 Å². The summed E-state index contributed by atoms with van der Waals surface area (Å²) in [6.07, 6.45) is 8.52. The molecule has 0 unspecified atom stereocenters. The Hall–Kier alpha value is -3.20. The fourth-order valence-electron chi connectivity index (χ4n) is 3.24. The van der Waals surface area contributed by atoms with E-state index in [0.717, 1.165) is 11.1 Å². The molecule has 29 heavy (non-hydrogen) atoms. The van der Waals surface area contributed by atoms with Crippen molar-refractivity contribution in [3.05, 3.63) is 77.8 Å². The number of carbonyl (C=O) groups excluding carboxylic acids is 1. The van der Waals surface area contributed by atoms with Gasteiger partial charge in [-0.05, 0) is 17.7 Å². The van der Waals surface area contributed by atoms with Crippen LogP contribution in [-0.4, -0.2) is 59.1 Å². The van der Waals surface area contributed by atoms with E-state index in [-0.39, 0.29) is 18.2 Å². The van der Waals surface area contributed by atoms with Crippen molar-refractivity contribution >= 4 is 21.8 Å². The molecule has 0 fully saturated rings. The molecule has 0 atom stereocenters. The van der Waals surface area contributed by atoms with Crippen molar-refractivity contribution in [1.29, 1.82) is 0 Å². The van der Waals surface area contributed by atoms with Crippen LogP contribution in [0, 0.1) is 0 Å². The molecule has 0 aliphatic carbocycles. The number of rotatable bonds is 5. The van der Waals surface area contributed by atoms with Crippen molar-refractivity contribution in [3.8, 4) is 0 Å². The van der Waals surface area contributed by atoms with Gasteiger partial charge in [-0.3, -0.25) is 9.48 Å². The van der Waals surface area contributed by atoms with E-state index in [2.05, 4.69) is 9.50 Å². The van der Waals surface area contributed by atoms with Crippen LogP contribution in [0.15, 0.2) is 71.0 Å². The molecule has 1 amide bonds. The first-order valence-corrected chi connectivity index (χ1v) is 10.8. The van der Waals surface area contributed by atoms with E-state index in [1.54, 1.807) is 41.4 Å². The molecule has 1 aromatic carbocycles. The first kappa shape index (κ1) is 19.1. The summed E-state index contributed by atoms with van der Waals surface area (Å²) in [6, 6.07) is 10.0. The molecule has 4 rings (SSSR count). The smallest absolute Gasteiger partial charge is 0.256 e. The minimum absolute atomic E-state index is 0.0568. The maximum atomic E-state index is 12.8. The molecule has 0 saturated carbocycles. The summed E-state index contributed by atoms with van der Waals surface area (Å²) in [5.41, 5.74) is 2.58. The lowest BCUT2D eigenvalue weighted by molar-refractivity contribution is -0.126. The molecule has 2 aliphatic heterocycles. The number of aromatic nitrogens is 2. The third kappa shape index (κ3) is 4.45. The van der Waals surface area contributed by atoms with Gasteiger partial charge in [0.15, 0.2) is 0 Å². The Balaban J connectivity index is 1.41. The second kappa shape index (κ2) is 7.67. The van der Waals surface area contributed by atoms with Crippen LogP contribution in [0.5, 0.6) is 0 Å². The van der Waals surface area contributed by atoms with Gasteiger partial charge in [-0.15, -0.1) is 4.40 Å². The lowest BCUT2D eigenvalue weighted by atomic mass is 10.1. The van der Waals surface area contributed by atoms with Gasteiger partial charge in [-0.25, -0.2) is 8.42 Å². The average molecular weight is 411 g/mol. The fraction of sp³-hybridized carbons (Fsp3) is 0.250. The Morgan fingerprint density at radius 1 is 1.17 bits per heavy atom. The number of amides is 1. The zero-order valence-electron chi connectivity index (χ0n) is 16.0. The predicted octanol–water partition coefficient (Wildman–Crippen LogP) is 1.39. The molecule has 3 heterocycles. The minimum Gasteiger partial charge on any atom is -0.337 e. The molecular weight excluding hydrogens is 390 g/mol. The first-order chi connectivity index (χ1) is 13.9. The van der Waals surface area contributed by atoms with Crippen molar-refractivity contribution < 1.29 is 13.2 Å². The van der Waals surface area contributed by atoms with Crippen molar-refractivity contribution in [3.63, 3.8) is 0 Å². The largest absolute Gasteiger partial charge is 0.337 e. The molecule has 0 saturated heterocycles. The topological polar surface area (TPSA) is 87.9 Å². The molecule has 8 nitrogen and oxygen atoms in total. The van der Waals surface area contributed by atoms with E-state index in [0.29, 0.717) is 24.5 Å². The molecule has 150 valence electrons. The van der Waals surface area contributed by atoms with Gasteiger partial charge in [0.25, 0.3) is 15.9 Å². The third-order valence-corrected chi connectivity index (χ3v) is 5.88. The number of carbonyl (C=O) groups is 1. The summed E-state index contributed by atoms with van der Waals surface area (Å²) in [6.45, 7) is 1.39. The Labute approximate surface area is 169 Å². The maximum absolute atomic E-state index is 12.8. The summed E-state index contributed by atoms with van der Waals surface area (Å²) in [5, 5.41) is 4.37. The zero-order valence-corrected chi connectivity index (χ0v) is 16.8. The standard InChI is InChI=1S/C20H21N5O3S/c1-23(12-17-11-21-25(14-17)13-16-5-3-2-4-6-16)20(26)18-7-8-19-22-29(27,28)10-9-24(19)15-18/h2-8,11,14-15H,9-10,12-13H2,1H3. The Bertz CT molecular complexity index is 1120. The van der Waals surface area contributed by atoms with Gasteiger partial charge >= 0.3 is 0 Å². The summed E-state index contributed by atoms with van der Waals surface area (Å²) in [7, 11) is -1.68. The summed E-state index contributed by atoms with van der Waals surface area (Å²) in [4.78, 5) is 16.1. The van der Waals surface area contributed by atoms with Gasteiger partial charge in [0.05, 0.1) is 24.1 Å². The normalized spacial score (nSPS) is 17.3. The Morgan fingerprint density at radius 2 is 1.97 bits per heavy atom. The molecule has 0 N–H and O–H groups in total. The summed E-state index contributed by atoms with van der Waals surface area (Å²) < 4.78 is 28.8. The lowest BCUT2D eigenvalue weighted by Gasteiger charge is -2.28. The Kier molecular flexibility index (Phi) is 5.06.